The summed E-state index contributed by atoms with van der Waals surface area (Å²) in [6, 6.07) is 0. The second-order valence-corrected chi connectivity index (χ2v) is 22.1. The van der Waals surface area contributed by atoms with E-state index in [9.17, 15) is 0 Å². The van der Waals surface area contributed by atoms with Crippen LogP contribution in [-0.2, 0) is 0 Å². The Labute approximate surface area is 392 Å². The lowest BCUT2D eigenvalue weighted by molar-refractivity contribution is 0.524. The molecule has 0 saturated heterocycles. The molecule has 0 aliphatic heterocycles. The highest BCUT2D eigenvalue weighted by molar-refractivity contribution is 8.05. The molecule has 0 fully saturated rings. The van der Waals surface area contributed by atoms with E-state index in [0.717, 1.165) is 5.25 Å². The first kappa shape index (κ1) is 60.7. The van der Waals surface area contributed by atoms with Gasteiger partial charge in [0.2, 0.25) is 0 Å². The highest BCUT2D eigenvalue weighted by Gasteiger charge is 2.21. The third kappa shape index (κ3) is 49.7. The first-order chi connectivity index (χ1) is 29.8. The molecule has 1 atom stereocenters. The zero-order valence-corrected chi connectivity index (χ0v) is 44.3. The van der Waals surface area contributed by atoms with Gasteiger partial charge in [0.15, 0.2) is 0 Å². The molecule has 0 saturated carbocycles. The highest BCUT2D eigenvalue weighted by Crippen LogP contribution is 2.38. The van der Waals surface area contributed by atoms with Crippen LogP contribution in [0, 0.1) is 5.25 Å². The SMILES string of the molecule is CCCCCCCCCCCCCCCCCCCS[C](CCCCCCCCCCCCCCCCCCC)C(CCCCCCCCCCCCCCCCC)SC. The first-order valence-electron chi connectivity index (χ1n) is 28.8. The third-order valence-corrected chi connectivity index (χ3v) is 16.4. The van der Waals surface area contributed by atoms with Crippen LogP contribution >= 0.6 is 23.5 Å². The molecule has 0 aromatic carbocycles. The molecular formula is C58H117S2. The molecule has 1 radical (unpaired) electrons. The molecule has 0 amide bonds. The highest BCUT2D eigenvalue weighted by atomic mass is 32.2. The van der Waals surface area contributed by atoms with Crippen molar-refractivity contribution in [2.75, 3.05) is 12.0 Å². The second kappa shape index (κ2) is 55.8. The summed E-state index contributed by atoms with van der Waals surface area (Å²) in [4.78, 5) is 0. The predicted octanol–water partition coefficient (Wildman–Crippen LogP) is 22.9. The van der Waals surface area contributed by atoms with Gasteiger partial charge in [0.1, 0.15) is 0 Å². The number of hydrogen-bond donors (Lipinski definition) is 0. The van der Waals surface area contributed by atoms with Crippen molar-refractivity contribution in [3.05, 3.63) is 5.25 Å². The fourth-order valence-corrected chi connectivity index (χ4v) is 12.0. The number of thioether (sulfide) groups is 2. The van der Waals surface area contributed by atoms with E-state index in [4.69, 9.17) is 0 Å². The zero-order valence-electron chi connectivity index (χ0n) is 42.7. The Morgan fingerprint density at radius 2 is 0.483 bits per heavy atom. The molecule has 0 aliphatic carbocycles. The van der Waals surface area contributed by atoms with Crippen molar-refractivity contribution in [1.29, 1.82) is 0 Å². The van der Waals surface area contributed by atoms with E-state index in [1.165, 1.54) is 333 Å². The lowest BCUT2D eigenvalue weighted by Gasteiger charge is -2.25. The third-order valence-electron chi connectivity index (χ3n) is 13.8. The summed E-state index contributed by atoms with van der Waals surface area (Å²) in [6.45, 7) is 6.96. The van der Waals surface area contributed by atoms with E-state index in [1.54, 1.807) is 0 Å². The minimum absolute atomic E-state index is 0.795. The van der Waals surface area contributed by atoms with Crippen molar-refractivity contribution in [1.82, 2.24) is 0 Å². The Morgan fingerprint density at radius 3 is 0.733 bits per heavy atom. The van der Waals surface area contributed by atoms with Gasteiger partial charge in [-0.2, -0.15) is 23.5 Å². The van der Waals surface area contributed by atoms with Crippen LogP contribution in [0.4, 0.5) is 0 Å². The quantitative estimate of drug-likeness (QED) is 0.0559. The molecular weight excluding hydrogens is 761 g/mol. The molecule has 1 unspecified atom stereocenters. The fourth-order valence-electron chi connectivity index (χ4n) is 9.49. The van der Waals surface area contributed by atoms with Crippen molar-refractivity contribution in [3.8, 4) is 0 Å². The standard InChI is InChI=1S/C58H117S2/c1-5-8-11-14-17-20-23-26-29-31-34-37-40-43-46-49-52-55-58(57(59-4)54-51-48-45-42-39-36-33-28-25-22-19-16-13-10-7-3)60-56-53-50-47-44-41-38-35-32-30-27-24-21-18-15-12-9-6-2/h57H,5-56H2,1-4H3. The van der Waals surface area contributed by atoms with E-state index < -0.39 is 0 Å². The van der Waals surface area contributed by atoms with Crippen molar-refractivity contribution in [2.24, 2.45) is 0 Å². The van der Waals surface area contributed by atoms with Crippen LogP contribution in [0.3, 0.4) is 0 Å². The van der Waals surface area contributed by atoms with E-state index >= 15 is 0 Å². The topological polar surface area (TPSA) is 0 Å². The predicted molar refractivity (Wildman–Crippen MR) is 285 cm³/mol. The lowest BCUT2D eigenvalue weighted by atomic mass is 10.0. The summed E-state index contributed by atoms with van der Waals surface area (Å²) in [5, 5.41) is 2.68. The van der Waals surface area contributed by atoms with Crippen LogP contribution < -0.4 is 0 Å². The number of unbranched alkanes of at least 4 members (excludes halogenated alkanes) is 46. The van der Waals surface area contributed by atoms with E-state index in [-0.39, 0.29) is 0 Å². The van der Waals surface area contributed by atoms with Crippen molar-refractivity contribution in [2.45, 2.75) is 353 Å². The average molecular weight is 879 g/mol. The summed E-state index contributed by atoms with van der Waals surface area (Å²) in [7, 11) is 0. The average Bonchev–Trinajstić information content (AvgIpc) is 3.26. The Hall–Kier alpha value is 0.700. The summed E-state index contributed by atoms with van der Waals surface area (Å²) in [6.07, 6.45) is 77.2. The summed E-state index contributed by atoms with van der Waals surface area (Å²) >= 11 is 4.50. The first-order valence-corrected chi connectivity index (χ1v) is 31.1. The monoisotopic (exact) mass is 878 g/mol. The summed E-state index contributed by atoms with van der Waals surface area (Å²) in [5.41, 5.74) is 0. The molecule has 60 heavy (non-hydrogen) atoms. The van der Waals surface area contributed by atoms with Crippen LogP contribution in [0.25, 0.3) is 0 Å². The Bertz CT molecular complexity index is 721. The van der Waals surface area contributed by atoms with Gasteiger partial charge >= 0.3 is 0 Å². The molecule has 0 nitrogen and oxygen atoms in total. The number of rotatable bonds is 55. The van der Waals surface area contributed by atoms with Crippen molar-refractivity contribution >= 4 is 23.5 Å². The smallest absolute Gasteiger partial charge is 0.0435 e. The van der Waals surface area contributed by atoms with E-state index in [2.05, 4.69) is 50.6 Å². The van der Waals surface area contributed by atoms with Gasteiger partial charge in [-0.15, -0.1) is 0 Å². The molecule has 0 spiro atoms. The molecule has 0 bridgehead atoms. The van der Waals surface area contributed by atoms with Gasteiger partial charge in [-0.3, -0.25) is 0 Å². The minimum atomic E-state index is 0.795. The maximum atomic E-state index is 2.42. The summed E-state index contributed by atoms with van der Waals surface area (Å²) in [5.74, 6) is 1.38. The minimum Gasteiger partial charge on any atom is -0.161 e. The van der Waals surface area contributed by atoms with Gasteiger partial charge < -0.3 is 0 Å². The molecule has 2 heteroatoms. The van der Waals surface area contributed by atoms with Crippen LogP contribution in [0.2, 0.25) is 0 Å². The van der Waals surface area contributed by atoms with Gasteiger partial charge in [-0.25, -0.2) is 0 Å². The Balaban J connectivity index is 4.18. The largest absolute Gasteiger partial charge is 0.161 e. The van der Waals surface area contributed by atoms with Gasteiger partial charge in [-0.05, 0) is 31.3 Å². The van der Waals surface area contributed by atoms with Crippen LogP contribution in [0.1, 0.15) is 348 Å². The molecule has 0 aromatic heterocycles. The Morgan fingerprint density at radius 1 is 0.267 bits per heavy atom. The van der Waals surface area contributed by atoms with Gasteiger partial charge in [-0.1, -0.05) is 329 Å². The van der Waals surface area contributed by atoms with Crippen LogP contribution in [0.15, 0.2) is 0 Å². The second-order valence-electron chi connectivity index (χ2n) is 19.8. The normalized spacial score (nSPS) is 12.3. The van der Waals surface area contributed by atoms with Crippen molar-refractivity contribution in [3.63, 3.8) is 0 Å². The number of hydrogen-bond acceptors (Lipinski definition) is 2. The summed E-state index contributed by atoms with van der Waals surface area (Å²) < 4.78 is 0. The van der Waals surface area contributed by atoms with Crippen LogP contribution in [-0.4, -0.2) is 17.3 Å². The van der Waals surface area contributed by atoms with Crippen molar-refractivity contribution < 1.29 is 0 Å². The molecule has 0 heterocycles. The molecule has 0 rings (SSSR count). The molecule has 0 N–H and O–H groups in total. The maximum Gasteiger partial charge on any atom is 0.0435 e. The van der Waals surface area contributed by atoms with E-state index in [1.807, 2.05) is 5.25 Å². The Kier molecular flexibility index (Phi) is 56.5. The zero-order chi connectivity index (χ0) is 43.3. The maximum absolute atomic E-state index is 2.42. The van der Waals surface area contributed by atoms with Gasteiger partial charge in [0.05, 0.1) is 0 Å². The molecule has 0 aliphatic rings. The molecule has 0 aromatic rings. The van der Waals surface area contributed by atoms with E-state index in [0.29, 0.717) is 0 Å². The lowest BCUT2D eigenvalue weighted by Crippen LogP contribution is -2.13. The van der Waals surface area contributed by atoms with Gasteiger partial charge in [0.25, 0.3) is 0 Å². The van der Waals surface area contributed by atoms with Crippen LogP contribution in [0.5, 0.6) is 0 Å². The molecule has 361 valence electrons. The fraction of sp³-hybridized carbons (Fsp3) is 0.983. The van der Waals surface area contributed by atoms with Gasteiger partial charge in [0, 0.05) is 10.5 Å².